The third-order valence-corrected chi connectivity index (χ3v) is 3.06. The van der Waals surface area contributed by atoms with Crippen molar-refractivity contribution in [2.24, 2.45) is 5.92 Å². The fourth-order valence-corrected chi connectivity index (χ4v) is 1.77. The van der Waals surface area contributed by atoms with Gasteiger partial charge in [-0.3, -0.25) is 4.79 Å². The maximum Gasteiger partial charge on any atom is 0.236 e. The van der Waals surface area contributed by atoms with Crippen molar-refractivity contribution in [3.63, 3.8) is 0 Å². The van der Waals surface area contributed by atoms with Gasteiger partial charge in [0.2, 0.25) is 5.91 Å². The quantitative estimate of drug-likeness (QED) is 0.558. The number of hydrogen-bond donors (Lipinski definition) is 2. The first-order chi connectivity index (χ1) is 8.57. The van der Waals surface area contributed by atoms with Gasteiger partial charge in [0.05, 0.1) is 6.04 Å². The maximum atomic E-state index is 11.7. The van der Waals surface area contributed by atoms with Crippen molar-refractivity contribution >= 4 is 5.91 Å². The van der Waals surface area contributed by atoms with Gasteiger partial charge in [-0.2, -0.15) is 0 Å². The molecule has 1 atom stereocenters. The van der Waals surface area contributed by atoms with E-state index in [1.165, 1.54) is 38.5 Å². The topological polar surface area (TPSA) is 41.1 Å². The second kappa shape index (κ2) is 11.5. The maximum absolute atomic E-state index is 11.7. The molecule has 18 heavy (non-hydrogen) atoms. The molecule has 0 saturated heterocycles. The summed E-state index contributed by atoms with van der Waals surface area (Å²) in [5.74, 6) is 0.634. The number of carbonyl (C=O) groups is 1. The van der Waals surface area contributed by atoms with Gasteiger partial charge in [0.1, 0.15) is 0 Å². The van der Waals surface area contributed by atoms with E-state index in [0.29, 0.717) is 5.92 Å². The zero-order chi connectivity index (χ0) is 13.8. The van der Waals surface area contributed by atoms with Crippen LogP contribution in [0.15, 0.2) is 0 Å². The van der Waals surface area contributed by atoms with Crippen molar-refractivity contribution in [2.75, 3.05) is 13.1 Å². The van der Waals surface area contributed by atoms with E-state index in [1.54, 1.807) is 0 Å². The molecule has 0 saturated carbocycles. The molecular weight excluding hydrogens is 224 g/mol. The van der Waals surface area contributed by atoms with Gasteiger partial charge in [-0.1, -0.05) is 52.9 Å². The van der Waals surface area contributed by atoms with E-state index in [4.69, 9.17) is 0 Å². The molecule has 0 heterocycles. The van der Waals surface area contributed by atoms with Crippen LogP contribution in [-0.2, 0) is 4.79 Å². The molecule has 1 unspecified atom stereocenters. The number of amides is 1. The molecule has 0 aliphatic heterocycles. The van der Waals surface area contributed by atoms with Crippen LogP contribution >= 0.6 is 0 Å². The average Bonchev–Trinajstić information content (AvgIpc) is 2.34. The summed E-state index contributed by atoms with van der Waals surface area (Å²) in [7, 11) is 0. The molecule has 3 heteroatoms. The monoisotopic (exact) mass is 256 g/mol. The van der Waals surface area contributed by atoms with E-state index in [0.717, 1.165) is 13.1 Å². The second-order valence-corrected chi connectivity index (χ2v) is 5.58. The lowest BCUT2D eigenvalue weighted by molar-refractivity contribution is -0.122. The largest absolute Gasteiger partial charge is 0.354 e. The van der Waals surface area contributed by atoms with Gasteiger partial charge in [-0.25, -0.2) is 0 Å². The van der Waals surface area contributed by atoms with Crippen molar-refractivity contribution in [1.29, 1.82) is 0 Å². The molecule has 3 nitrogen and oxygen atoms in total. The smallest absolute Gasteiger partial charge is 0.236 e. The van der Waals surface area contributed by atoms with Gasteiger partial charge in [0.15, 0.2) is 0 Å². The van der Waals surface area contributed by atoms with Crippen LogP contribution in [0.1, 0.15) is 66.2 Å². The van der Waals surface area contributed by atoms with Gasteiger partial charge in [-0.15, -0.1) is 0 Å². The molecule has 1 amide bonds. The van der Waals surface area contributed by atoms with Crippen LogP contribution in [0.5, 0.6) is 0 Å². The van der Waals surface area contributed by atoms with Crippen molar-refractivity contribution in [1.82, 2.24) is 10.6 Å². The molecule has 0 bridgehead atoms. The Hall–Kier alpha value is -0.570. The Morgan fingerprint density at radius 2 is 1.61 bits per heavy atom. The molecule has 0 aromatic heterocycles. The Kier molecular flexibility index (Phi) is 11.2. The van der Waals surface area contributed by atoms with Crippen molar-refractivity contribution < 1.29 is 4.79 Å². The van der Waals surface area contributed by atoms with Crippen LogP contribution in [0.2, 0.25) is 0 Å². The molecule has 0 radical (unpaired) electrons. The van der Waals surface area contributed by atoms with E-state index in [1.807, 2.05) is 6.92 Å². The lowest BCUT2D eigenvalue weighted by Crippen LogP contribution is -2.43. The van der Waals surface area contributed by atoms with Crippen LogP contribution in [0, 0.1) is 5.92 Å². The van der Waals surface area contributed by atoms with Gasteiger partial charge in [-0.05, 0) is 25.8 Å². The van der Waals surface area contributed by atoms with Gasteiger partial charge in [0, 0.05) is 6.54 Å². The summed E-state index contributed by atoms with van der Waals surface area (Å²) >= 11 is 0. The fourth-order valence-electron chi connectivity index (χ4n) is 1.77. The average molecular weight is 256 g/mol. The van der Waals surface area contributed by atoms with E-state index in [2.05, 4.69) is 31.4 Å². The molecular formula is C15H32N2O. The van der Waals surface area contributed by atoms with Crippen LogP contribution < -0.4 is 10.6 Å². The summed E-state index contributed by atoms with van der Waals surface area (Å²) < 4.78 is 0. The second-order valence-electron chi connectivity index (χ2n) is 5.58. The highest BCUT2D eigenvalue weighted by Gasteiger charge is 2.11. The first-order valence-electron chi connectivity index (χ1n) is 7.59. The summed E-state index contributed by atoms with van der Waals surface area (Å²) in [6, 6.07) is -0.0700. The Labute approximate surface area is 113 Å². The minimum atomic E-state index is -0.0700. The van der Waals surface area contributed by atoms with Gasteiger partial charge < -0.3 is 10.6 Å². The standard InChI is InChI=1S/C15H32N2O/c1-5-6-7-8-9-10-11-16-14(4)15(18)17-12-13(2)3/h13-14,16H,5-12H2,1-4H3,(H,17,18). The summed E-state index contributed by atoms with van der Waals surface area (Å²) in [5.41, 5.74) is 0. The summed E-state index contributed by atoms with van der Waals surface area (Å²) in [5, 5.41) is 6.23. The first kappa shape index (κ1) is 17.4. The van der Waals surface area contributed by atoms with Crippen LogP contribution in [-0.4, -0.2) is 25.0 Å². The molecule has 108 valence electrons. The molecule has 0 aliphatic carbocycles. The molecule has 0 rings (SSSR count). The fraction of sp³-hybridized carbons (Fsp3) is 0.933. The van der Waals surface area contributed by atoms with Gasteiger partial charge >= 0.3 is 0 Å². The van der Waals surface area contributed by atoms with Crippen molar-refractivity contribution in [2.45, 2.75) is 72.3 Å². The molecule has 0 aromatic carbocycles. The molecule has 0 spiro atoms. The highest BCUT2D eigenvalue weighted by atomic mass is 16.2. The SMILES string of the molecule is CCCCCCCCNC(C)C(=O)NCC(C)C. The van der Waals surface area contributed by atoms with Crippen LogP contribution in [0.25, 0.3) is 0 Å². The highest BCUT2D eigenvalue weighted by molar-refractivity contribution is 5.81. The minimum Gasteiger partial charge on any atom is -0.354 e. The zero-order valence-corrected chi connectivity index (χ0v) is 12.7. The minimum absolute atomic E-state index is 0.0700. The number of rotatable bonds is 11. The lowest BCUT2D eigenvalue weighted by Gasteiger charge is -2.15. The summed E-state index contributed by atoms with van der Waals surface area (Å²) in [6.45, 7) is 10.1. The summed E-state index contributed by atoms with van der Waals surface area (Å²) in [6.07, 6.45) is 7.76. The van der Waals surface area contributed by atoms with E-state index >= 15 is 0 Å². The predicted octanol–water partition coefficient (Wildman–Crippen LogP) is 3.10. The van der Waals surface area contributed by atoms with Crippen LogP contribution in [0.3, 0.4) is 0 Å². The number of carbonyl (C=O) groups excluding carboxylic acids is 1. The highest BCUT2D eigenvalue weighted by Crippen LogP contribution is 2.04. The number of unbranched alkanes of at least 4 members (excludes halogenated alkanes) is 5. The van der Waals surface area contributed by atoms with Gasteiger partial charge in [0.25, 0.3) is 0 Å². The Balaban J connectivity index is 3.40. The van der Waals surface area contributed by atoms with E-state index in [-0.39, 0.29) is 11.9 Å². The number of nitrogens with one attached hydrogen (secondary N) is 2. The third-order valence-electron chi connectivity index (χ3n) is 3.06. The predicted molar refractivity (Wildman–Crippen MR) is 78.7 cm³/mol. The first-order valence-corrected chi connectivity index (χ1v) is 7.59. The molecule has 0 aliphatic rings. The van der Waals surface area contributed by atoms with E-state index in [9.17, 15) is 4.79 Å². The normalized spacial score (nSPS) is 12.7. The lowest BCUT2D eigenvalue weighted by atomic mass is 10.1. The third kappa shape index (κ3) is 10.6. The zero-order valence-electron chi connectivity index (χ0n) is 12.7. The van der Waals surface area contributed by atoms with Crippen molar-refractivity contribution in [3.8, 4) is 0 Å². The Bertz CT molecular complexity index is 205. The van der Waals surface area contributed by atoms with Crippen molar-refractivity contribution in [3.05, 3.63) is 0 Å². The molecule has 2 N–H and O–H groups in total. The Morgan fingerprint density at radius 3 is 2.22 bits per heavy atom. The Morgan fingerprint density at radius 1 is 1.00 bits per heavy atom. The summed E-state index contributed by atoms with van der Waals surface area (Å²) in [4.78, 5) is 11.7. The van der Waals surface area contributed by atoms with Crippen LogP contribution in [0.4, 0.5) is 0 Å². The van der Waals surface area contributed by atoms with E-state index < -0.39 is 0 Å². The molecule has 0 fully saturated rings. The molecule has 0 aromatic rings. The number of hydrogen-bond acceptors (Lipinski definition) is 2.